The van der Waals surface area contributed by atoms with Crippen LogP contribution in [0.5, 0.6) is 0 Å². The Kier molecular flexibility index (Phi) is 7.11. The predicted molar refractivity (Wildman–Crippen MR) is 95.4 cm³/mol. The summed E-state index contributed by atoms with van der Waals surface area (Å²) in [5.41, 5.74) is 1.42. The molecule has 1 N–H and O–H groups in total. The Morgan fingerprint density at radius 2 is 1.76 bits per heavy atom. The molecule has 0 radical (unpaired) electrons. The molecule has 0 aromatic heterocycles. The van der Waals surface area contributed by atoms with Crippen molar-refractivity contribution in [3.05, 3.63) is 35.9 Å². The molecule has 0 aliphatic heterocycles. The first-order valence-electron chi connectivity index (χ1n) is 8.13. The van der Waals surface area contributed by atoms with Crippen molar-refractivity contribution in [2.75, 3.05) is 13.2 Å². The first-order valence-corrected chi connectivity index (χ1v) is 11.0. The highest BCUT2D eigenvalue weighted by Crippen LogP contribution is 2.36. The van der Waals surface area contributed by atoms with E-state index in [1.54, 1.807) is 0 Å². The highest BCUT2D eigenvalue weighted by molar-refractivity contribution is 6.74. The summed E-state index contributed by atoms with van der Waals surface area (Å²) in [6.45, 7) is 15.6. The molecule has 0 saturated carbocycles. The predicted octanol–water partition coefficient (Wildman–Crippen LogP) is 4.62. The van der Waals surface area contributed by atoms with Crippen LogP contribution in [0.1, 0.15) is 39.7 Å². The molecule has 120 valence electrons. The summed E-state index contributed by atoms with van der Waals surface area (Å²) in [4.78, 5) is 0. The Bertz CT molecular complexity index is 397. The molecule has 1 aromatic rings. The lowest BCUT2D eigenvalue weighted by atomic mass is 10.1. The molecule has 0 aliphatic carbocycles. The van der Waals surface area contributed by atoms with Gasteiger partial charge >= 0.3 is 0 Å². The number of hydrogen-bond donors (Lipinski definition) is 1. The van der Waals surface area contributed by atoms with Crippen molar-refractivity contribution in [1.29, 1.82) is 0 Å². The van der Waals surface area contributed by atoms with E-state index in [0.717, 1.165) is 19.6 Å². The minimum absolute atomic E-state index is 0.292. The van der Waals surface area contributed by atoms with Gasteiger partial charge in [0.25, 0.3) is 0 Å². The second-order valence-corrected chi connectivity index (χ2v) is 12.3. The van der Waals surface area contributed by atoms with Crippen LogP contribution in [0.25, 0.3) is 0 Å². The topological polar surface area (TPSA) is 21.3 Å². The van der Waals surface area contributed by atoms with Crippen LogP contribution < -0.4 is 5.32 Å². The zero-order valence-electron chi connectivity index (χ0n) is 14.7. The monoisotopic (exact) mass is 307 g/mol. The summed E-state index contributed by atoms with van der Waals surface area (Å²) in [7, 11) is -1.61. The van der Waals surface area contributed by atoms with Gasteiger partial charge in [-0.05, 0) is 50.0 Å². The van der Waals surface area contributed by atoms with Gasteiger partial charge in [-0.2, -0.15) is 0 Å². The molecule has 1 rings (SSSR count). The van der Waals surface area contributed by atoms with E-state index in [4.69, 9.17) is 4.43 Å². The van der Waals surface area contributed by atoms with E-state index in [0.29, 0.717) is 11.1 Å². The highest BCUT2D eigenvalue weighted by atomic mass is 28.4. The molecule has 3 heteroatoms. The summed E-state index contributed by atoms with van der Waals surface area (Å²) in [5.74, 6) is 0. The number of benzene rings is 1. The number of aryl methyl sites for hydroxylation is 1. The maximum absolute atomic E-state index is 6.25. The van der Waals surface area contributed by atoms with Crippen LogP contribution in [0.3, 0.4) is 0 Å². The number of hydrogen-bond acceptors (Lipinski definition) is 2. The van der Waals surface area contributed by atoms with Crippen LogP contribution >= 0.6 is 0 Å². The fraction of sp³-hybridized carbons (Fsp3) is 0.667. The van der Waals surface area contributed by atoms with Gasteiger partial charge in [0.1, 0.15) is 0 Å². The third kappa shape index (κ3) is 6.77. The van der Waals surface area contributed by atoms with Gasteiger partial charge in [-0.25, -0.2) is 0 Å². The molecule has 1 unspecified atom stereocenters. The average molecular weight is 308 g/mol. The Morgan fingerprint density at radius 3 is 2.33 bits per heavy atom. The average Bonchev–Trinajstić information content (AvgIpc) is 2.41. The molecule has 0 bridgehead atoms. The maximum Gasteiger partial charge on any atom is 0.192 e. The molecule has 1 aromatic carbocycles. The standard InChI is InChI=1S/C18H33NOSi/c1-16(15-20-21(5,6)18(2,3)4)19-14-10-13-17-11-8-7-9-12-17/h7-9,11-12,16,19H,10,13-15H2,1-6H3. The van der Waals surface area contributed by atoms with E-state index in [-0.39, 0.29) is 0 Å². The van der Waals surface area contributed by atoms with E-state index in [1.807, 2.05) is 0 Å². The van der Waals surface area contributed by atoms with Gasteiger partial charge in [0.05, 0.1) is 0 Å². The quantitative estimate of drug-likeness (QED) is 0.559. The van der Waals surface area contributed by atoms with E-state index in [1.165, 1.54) is 12.0 Å². The summed E-state index contributed by atoms with van der Waals surface area (Å²) in [5, 5.41) is 3.87. The molecule has 21 heavy (non-hydrogen) atoms. The van der Waals surface area contributed by atoms with Crippen LogP contribution in [0.2, 0.25) is 18.1 Å². The van der Waals surface area contributed by atoms with E-state index in [9.17, 15) is 0 Å². The van der Waals surface area contributed by atoms with E-state index < -0.39 is 8.32 Å². The highest BCUT2D eigenvalue weighted by Gasteiger charge is 2.37. The van der Waals surface area contributed by atoms with Gasteiger partial charge in [-0.3, -0.25) is 0 Å². The van der Waals surface area contributed by atoms with Crippen molar-refractivity contribution < 1.29 is 4.43 Å². The first-order chi connectivity index (χ1) is 9.72. The van der Waals surface area contributed by atoms with Crippen molar-refractivity contribution in [2.24, 2.45) is 0 Å². The molecule has 0 aliphatic rings. The molecule has 2 nitrogen and oxygen atoms in total. The van der Waals surface area contributed by atoms with Crippen LogP contribution in [0.4, 0.5) is 0 Å². The fourth-order valence-corrected chi connectivity index (χ4v) is 2.99. The molecule has 1 atom stereocenters. The van der Waals surface area contributed by atoms with Crippen molar-refractivity contribution in [3.8, 4) is 0 Å². The fourth-order valence-electron chi connectivity index (χ4n) is 1.89. The Morgan fingerprint density at radius 1 is 1.14 bits per heavy atom. The van der Waals surface area contributed by atoms with Gasteiger partial charge in [0, 0.05) is 12.6 Å². The van der Waals surface area contributed by atoms with Gasteiger partial charge < -0.3 is 9.74 Å². The summed E-state index contributed by atoms with van der Waals surface area (Å²) in [6, 6.07) is 11.1. The molecule has 0 saturated heterocycles. The number of rotatable bonds is 8. The molecule has 0 heterocycles. The van der Waals surface area contributed by atoms with Gasteiger partial charge in [0.15, 0.2) is 8.32 Å². The molecule has 0 fully saturated rings. The lowest BCUT2D eigenvalue weighted by molar-refractivity contribution is 0.250. The van der Waals surface area contributed by atoms with Crippen LogP contribution in [-0.4, -0.2) is 27.5 Å². The van der Waals surface area contributed by atoms with E-state index >= 15 is 0 Å². The lowest BCUT2D eigenvalue weighted by Crippen LogP contribution is -2.44. The van der Waals surface area contributed by atoms with Crippen molar-refractivity contribution in [2.45, 2.75) is 64.7 Å². The second kappa shape index (κ2) is 8.11. The van der Waals surface area contributed by atoms with Crippen molar-refractivity contribution in [3.63, 3.8) is 0 Å². The van der Waals surface area contributed by atoms with E-state index in [2.05, 4.69) is 76.4 Å². The third-order valence-corrected chi connectivity index (χ3v) is 8.98. The van der Waals surface area contributed by atoms with Gasteiger partial charge in [-0.15, -0.1) is 0 Å². The van der Waals surface area contributed by atoms with Crippen LogP contribution in [0.15, 0.2) is 30.3 Å². The Hall–Kier alpha value is -0.643. The molecular weight excluding hydrogens is 274 g/mol. The van der Waals surface area contributed by atoms with Crippen LogP contribution in [0, 0.1) is 0 Å². The summed E-state index contributed by atoms with van der Waals surface area (Å²) in [6.07, 6.45) is 2.32. The zero-order valence-corrected chi connectivity index (χ0v) is 15.7. The molecular formula is C18H33NOSi. The summed E-state index contributed by atoms with van der Waals surface area (Å²) < 4.78 is 6.25. The minimum atomic E-state index is -1.61. The van der Waals surface area contributed by atoms with Crippen LogP contribution in [-0.2, 0) is 10.8 Å². The molecule has 0 spiro atoms. The minimum Gasteiger partial charge on any atom is -0.415 e. The van der Waals surface area contributed by atoms with Gasteiger partial charge in [-0.1, -0.05) is 51.1 Å². The Balaban J connectivity index is 2.18. The maximum atomic E-state index is 6.25. The second-order valence-electron chi connectivity index (χ2n) is 7.52. The molecule has 0 amide bonds. The zero-order chi connectivity index (χ0) is 15.9. The van der Waals surface area contributed by atoms with Crippen molar-refractivity contribution >= 4 is 8.32 Å². The third-order valence-electron chi connectivity index (χ3n) is 4.48. The van der Waals surface area contributed by atoms with Gasteiger partial charge in [0.2, 0.25) is 0 Å². The number of nitrogens with one attached hydrogen (secondary N) is 1. The summed E-state index contributed by atoms with van der Waals surface area (Å²) >= 11 is 0. The lowest BCUT2D eigenvalue weighted by Gasteiger charge is -2.37. The normalized spacial score (nSPS) is 14.2. The first kappa shape index (κ1) is 18.4. The Labute approximate surface area is 132 Å². The smallest absolute Gasteiger partial charge is 0.192 e. The van der Waals surface area contributed by atoms with Crippen molar-refractivity contribution in [1.82, 2.24) is 5.32 Å². The largest absolute Gasteiger partial charge is 0.415 e. The SMILES string of the molecule is CC(CO[Si](C)(C)C(C)(C)C)NCCCc1ccccc1.